The third-order valence-corrected chi connectivity index (χ3v) is 2.31. The Morgan fingerprint density at radius 2 is 2.29 bits per heavy atom. The van der Waals surface area contributed by atoms with Crippen LogP contribution in [0.4, 0.5) is 0 Å². The Hall–Kier alpha value is -1.77. The van der Waals surface area contributed by atoms with Crippen LogP contribution >= 0.6 is 0 Å². The van der Waals surface area contributed by atoms with E-state index in [9.17, 15) is 0 Å². The Balaban J connectivity index is 0.000000686. The van der Waals surface area contributed by atoms with Gasteiger partial charge in [0.15, 0.2) is 0 Å². The third kappa shape index (κ3) is 3.09. The molecule has 2 rings (SSSR count). The number of hydrogen-bond acceptors (Lipinski definition) is 2. The van der Waals surface area contributed by atoms with Crippen LogP contribution in [0.25, 0.3) is 5.57 Å². The smallest absolute Gasteiger partial charge is 0.212 e. The molecule has 3 nitrogen and oxygen atoms in total. The van der Waals surface area contributed by atoms with E-state index in [1.807, 2.05) is 49.7 Å². The maximum absolute atomic E-state index is 5.41. The van der Waals surface area contributed by atoms with Gasteiger partial charge in [-0.1, -0.05) is 44.7 Å². The maximum atomic E-state index is 5.41. The molecule has 1 aliphatic heterocycles. The first-order chi connectivity index (χ1) is 8.35. The lowest BCUT2D eigenvalue weighted by atomic mass is 10.1. The first kappa shape index (κ1) is 13.3. The summed E-state index contributed by atoms with van der Waals surface area (Å²) in [6.07, 6.45) is 7.67. The molecule has 0 atom stereocenters. The molecule has 0 spiro atoms. The lowest BCUT2D eigenvalue weighted by Gasteiger charge is -1.95. The highest BCUT2D eigenvalue weighted by atomic mass is 16.5. The van der Waals surface area contributed by atoms with Crippen molar-refractivity contribution in [3.63, 3.8) is 0 Å². The van der Waals surface area contributed by atoms with Crippen molar-refractivity contribution in [2.24, 2.45) is 0 Å². The summed E-state index contributed by atoms with van der Waals surface area (Å²) < 4.78 is 7.30. The summed E-state index contributed by atoms with van der Waals surface area (Å²) in [6, 6.07) is 1.97. The molecule has 0 bridgehead atoms. The molecule has 3 heteroatoms. The topological polar surface area (TPSA) is 27.1 Å². The monoisotopic (exact) mass is 232 g/mol. The second-order valence-corrected chi connectivity index (χ2v) is 3.28. The minimum absolute atomic E-state index is 0.732. The summed E-state index contributed by atoms with van der Waals surface area (Å²) in [6.45, 7) is 11.2. The Kier molecular flexibility index (Phi) is 5.27. The van der Waals surface area contributed by atoms with Gasteiger partial charge in [-0.05, 0) is 12.5 Å². The summed E-state index contributed by atoms with van der Waals surface area (Å²) in [5.74, 6) is 0.858. The Morgan fingerprint density at radius 3 is 2.88 bits per heavy atom. The normalized spacial score (nSPS) is 13.9. The zero-order chi connectivity index (χ0) is 12.7. The van der Waals surface area contributed by atoms with E-state index in [2.05, 4.69) is 11.7 Å². The zero-order valence-corrected chi connectivity index (χ0v) is 10.8. The lowest BCUT2D eigenvalue weighted by molar-refractivity contribution is 0.356. The first-order valence-electron chi connectivity index (χ1n) is 6.01. The Labute approximate surface area is 103 Å². The van der Waals surface area contributed by atoms with Crippen molar-refractivity contribution in [1.29, 1.82) is 0 Å². The van der Waals surface area contributed by atoms with Crippen LogP contribution in [-0.4, -0.2) is 16.4 Å². The second-order valence-electron chi connectivity index (χ2n) is 3.28. The molecule has 0 fully saturated rings. The summed E-state index contributed by atoms with van der Waals surface area (Å²) in [5, 5.41) is 4.45. The summed E-state index contributed by atoms with van der Waals surface area (Å²) in [4.78, 5) is 0. The number of rotatable bonds is 3. The summed E-state index contributed by atoms with van der Waals surface area (Å²) in [5.41, 5.74) is 2.03. The van der Waals surface area contributed by atoms with Crippen LogP contribution in [0.1, 0.15) is 26.5 Å². The van der Waals surface area contributed by atoms with E-state index < -0.39 is 0 Å². The molecule has 1 aromatic rings. The zero-order valence-electron chi connectivity index (χ0n) is 10.8. The van der Waals surface area contributed by atoms with Gasteiger partial charge in [0.1, 0.15) is 6.61 Å². The van der Waals surface area contributed by atoms with Gasteiger partial charge in [0, 0.05) is 6.07 Å². The molecule has 0 aromatic carbocycles. The van der Waals surface area contributed by atoms with Gasteiger partial charge in [0.25, 0.3) is 0 Å². The van der Waals surface area contributed by atoms with Crippen molar-refractivity contribution < 1.29 is 4.74 Å². The van der Waals surface area contributed by atoms with E-state index in [1.54, 1.807) is 6.08 Å². The SMILES string of the molecule is C=C/C=C\C(=C/C)c1cc2n(n1)CCO2.CC. The van der Waals surface area contributed by atoms with Crippen LogP contribution in [0, 0.1) is 0 Å². The summed E-state index contributed by atoms with van der Waals surface area (Å²) >= 11 is 0. The average molecular weight is 232 g/mol. The number of nitrogens with zero attached hydrogens (tertiary/aromatic N) is 2. The van der Waals surface area contributed by atoms with Gasteiger partial charge >= 0.3 is 0 Å². The first-order valence-corrected chi connectivity index (χ1v) is 6.01. The molecule has 0 amide bonds. The lowest BCUT2D eigenvalue weighted by Crippen LogP contribution is -1.97. The predicted molar refractivity (Wildman–Crippen MR) is 72.1 cm³/mol. The molecule has 0 radical (unpaired) electrons. The fraction of sp³-hybridized carbons (Fsp3) is 0.357. The van der Waals surface area contributed by atoms with Crippen molar-refractivity contribution in [3.8, 4) is 5.88 Å². The standard InChI is InChI=1S/C12H14N2O.C2H6/c1-3-5-6-10(4-2)11-9-12-14(13-11)7-8-15-12;1-2/h3-6,9H,1,7-8H2,2H3;1-2H3/b6-5-,10-4+;. The minimum Gasteiger partial charge on any atom is -0.476 e. The van der Waals surface area contributed by atoms with Crippen molar-refractivity contribution in [2.45, 2.75) is 27.3 Å². The van der Waals surface area contributed by atoms with E-state index in [0.29, 0.717) is 0 Å². The Morgan fingerprint density at radius 1 is 1.53 bits per heavy atom. The van der Waals surface area contributed by atoms with Crippen molar-refractivity contribution >= 4 is 5.57 Å². The fourth-order valence-corrected chi connectivity index (χ4v) is 1.55. The number of fused-ring (bicyclic) bond motifs is 1. The molecule has 17 heavy (non-hydrogen) atoms. The van der Waals surface area contributed by atoms with Crippen LogP contribution in [-0.2, 0) is 6.54 Å². The van der Waals surface area contributed by atoms with Crippen LogP contribution in [0.15, 0.2) is 36.9 Å². The molecule has 2 heterocycles. The van der Waals surface area contributed by atoms with Crippen LogP contribution < -0.4 is 4.74 Å². The highest BCUT2D eigenvalue weighted by molar-refractivity contribution is 5.72. The van der Waals surface area contributed by atoms with Gasteiger partial charge in [0.05, 0.1) is 12.2 Å². The van der Waals surface area contributed by atoms with Crippen molar-refractivity contribution in [3.05, 3.63) is 42.6 Å². The highest BCUT2D eigenvalue weighted by Gasteiger charge is 2.15. The molecule has 0 aliphatic carbocycles. The van der Waals surface area contributed by atoms with Gasteiger partial charge in [-0.2, -0.15) is 5.10 Å². The predicted octanol–water partition coefficient (Wildman–Crippen LogP) is 3.45. The molecule has 1 aliphatic rings. The number of allylic oxidation sites excluding steroid dienone is 5. The van der Waals surface area contributed by atoms with Gasteiger partial charge in [-0.3, -0.25) is 0 Å². The molecule has 0 unspecified atom stereocenters. The fourth-order valence-electron chi connectivity index (χ4n) is 1.55. The van der Waals surface area contributed by atoms with E-state index in [-0.39, 0.29) is 0 Å². The molecule has 1 aromatic heterocycles. The van der Waals surface area contributed by atoms with Gasteiger partial charge in [-0.15, -0.1) is 0 Å². The molecular weight excluding hydrogens is 212 g/mol. The summed E-state index contributed by atoms with van der Waals surface area (Å²) in [7, 11) is 0. The Bertz CT molecular complexity index is 406. The maximum Gasteiger partial charge on any atom is 0.212 e. The molecule has 92 valence electrons. The largest absolute Gasteiger partial charge is 0.476 e. The number of aromatic nitrogens is 2. The van der Waals surface area contributed by atoms with E-state index in [1.165, 1.54) is 0 Å². The third-order valence-electron chi connectivity index (χ3n) is 2.31. The van der Waals surface area contributed by atoms with Crippen molar-refractivity contribution in [2.75, 3.05) is 6.61 Å². The average Bonchev–Trinajstić information content (AvgIpc) is 2.93. The molecular formula is C14H20N2O. The molecule has 0 saturated carbocycles. The van der Waals surface area contributed by atoms with E-state index >= 15 is 0 Å². The van der Waals surface area contributed by atoms with E-state index in [0.717, 1.165) is 30.3 Å². The number of hydrogen-bond donors (Lipinski definition) is 0. The minimum atomic E-state index is 0.732. The van der Waals surface area contributed by atoms with Crippen LogP contribution in [0.5, 0.6) is 5.88 Å². The van der Waals surface area contributed by atoms with Crippen molar-refractivity contribution in [1.82, 2.24) is 9.78 Å². The van der Waals surface area contributed by atoms with Gasteiger partial charge in [0.2, 0.25) is 5.88 Å². The van der Waals surface area contributed by atoms with Gasteiger partial charge < -0.3 is 4.74 Å². The van der Waals surface area contributed by atoms with Gasteiger partial charge in [-0.25, -0.2) is 4.68 Å². The number of ether oxygens (including phenoxy) is 1. The highest BCUT2D eigenvalue weighted by Crippen LogP contribution is 2.23. The van der Waals surface area contributed by atoms with E-state index in [4.69, 9.17) is 4.74 Å². The molecule has 0 saturated heterocycles. The molecule has 0 N–H and O–H groups in total. The quantitative estimate of drug-likeness (QED) is 0.746. The van der Waals surface area contributed by atoms with Crippen LogP contribution in [0.2, 0.25) is 0 Å². The van der Waals surface area contributed by atoms with Crippen LogP contribution in [0.3, 0.4) is 0 Å². The second kappa shape index (κ2) is 6.74.